The molecular formula is C26H20F4N4O5. The van der Waals surface area contributed by atoms with Crippen molar-refractivity contribution in [3.05, 3.63) is 99.6 Å². The molecule has 4 aromatic rings. The number of hydrogen-bond donors (Lipinski definition) is 3. The van der Waals surface area contributed by atoms with Crippen molar-refractivity contribution in [3.63, 3.8) is 0 Å². The number of carboxylic acids is 1. The van der Waals surface area contributed by atoms with Gasteiger partial charge in [-0.05, 0) is 54.4 Å². The Morgan fingerprint density at radius 3 is 2.36 bits per heavy atom. The third-order valence-electron chi connectivity index (χ3n) is 6.03. The molecule has 4 rings (SSSR count). The van der Waals surface area contributed by atoms with Crippen LogP contribution in [-0.2, 0) is 17.5 Å². The van der Waals surface area contributed by atoms with E-state index in [0.717, 1.165) is 4.68 Å². The van der Waals surface area contributed by atoms with Crippen molar-refractivity contribution in [3.8, 4) is 0 Å². The summed E-state index contributed by atoms with van der Waals surface area (Å²) in [6, 6.07) is 13.4. The molecule has 0 fully saturated rings. The van der Waals surface area contributed by atoms with E-state index < -0.39 is 52.6 Å². The lowest BCUT2D eigenvalue weighted by atomic mass is 9.92. The van der Waals surface area contributed by atoms with Crippen molar-refractivity contribution in [1.29, 1.82) is 0 Å². The second-order valence-electron chi connectivity index (χ2n) is 8.58. The fourth-order valence-corrected chi connectivity index (χ4v) is 3.92. The number of hydrogen-bond acceptors (Lipinski definition) is 6. The highest BCUT2D eigenvalue weighted by molar-refractivity contribution is 6.04. The van der Waals surface area contributed by atoms with Crippen molar-refractivity contribution >= 4 is 28.5 Å². The molecule has 0 bridgehead atoms. The Labute approximate surface area is 217 Å². The number of aliphatic hydroxyl groups excluding tert-OH is 1. The average Bonchev–Trinajstić information content (AvgIpc) is 2.89. The average molecular weight is 544 g/mol. The number of carbonyl (C=O) groups excluding carboxylic acids is 1. The zero-order valence-electron chi connectivity index (χ0n) is 19.9. The molecule has 1 amide bonds. The highest BCUT2D eigenvalue weighted by Gasteiger charge is 2.32. The largest absolute Gasteiger partial charge is 0.481 e. The summed E-state index contributed by atoms with van der Waals surface area (Å²) in [4.78, 5) is 36.8. The van der Waals surface area contributed by atoms with Gasteiger partial charge >= 0.3 is 12.1 Å². The van der Waals surface area contributed by atoms with Crippen LogP contribution in [0.1, 0.15) is 34.0 Å². The highest BCUT2D eigenvalue weighted by atomic mass is 19.4. The van der Waals surface area contributed by atoms with E-state index in [9.17, 15) is 42.2 Å². The summed E-state index contributed by atoms with van der Waals surface area (Å²) in [6.45, 7) is -0.127. The number of nitrogens with zero attached hydrogens (tertiary/aromatic N) is 3. The summed E-state index contributed by atoms with van der Waals surface area (Å²) in [5, 5.41) is 30.8. The van der Waals surface area contributed by atoms with Gasteiger partial charge < -0.3 is 15.5 Å². The SMILES string of the molecule is O=C(Nc1ccc(C(O)[C@H](CCn2nnc3ccccc3c2=O)C(=O)O)cc1)c1ccc(C(F)(F)F)cc1F. The Hall–Kier alpha value is -4.65. The van der Waals surface area contributed by atoms with Crippen molar-refractivity contribution in [2.45, 2.75) is 25.2 Å². The van der Waals surface area contributed by atoms with Crippen molar-refractivity contribution < 1.29 is 37.4 Å². The number of aryl methyl sites for hydroxylation is 1. The van der Waals surface area contributed by atoms with Crippen LogP contribution in [0.15, 0.2) is 71.5 Å². The van der Waals surface area contributed by atoms with Crippen LogP contribution < -0.4 is 10.9 Å². The molecule has 0 spiro atoms. The second kappa shape index (κ2) is 11.0. The number of benzene rings is 3. The highest BCUT2D eigenvalue weighted by Crippen LogP contribution is 2.31. The van der Waals surface area contributed by atoms with Gasteiger partial charge in [-0.3, -0.25) is 14.4 Å². The van der Waals surface area contributed by atoms with Crippen molar-refractivity contribution in [1.82, 2.24) is 15.0 Å². The quantitative estimate of drug-likeness (QED) is 0.285. The molecule has 0 aliphatic carbocycles. The van der Waals surface area contributed by atoms with E-state index in [1.54, 1.807) is 24.3 Å². The van der Waals surface area contributed by atoms with E-state index >= 15 is 0 Å². The topological polar surface area (TPSA) is 134 Å². The third kappa shape index (κ3) is 6.09. The minimum absolute atomic E-state index is 0.125. The third-order valence-corrected chi connectivity index (χ3v) is 6.03. The number of alkyl halides is 3. The van der Waals surface area contributed by atoms with Crippen LogP contribution in [0, 0.1) is 11.7 Å². The first-order valence-corrected chi connectivity index (χ1v) is 11.5. The number of aliphatic carboxylic acids is 1. The van der Waals surface area contributed by atoms with Crippen LogP contribution >= 0.6 is 0 Å². The molecule has 202 valence electrons. The van der Waals surface area contributed by atoms with Gasteiger partial charge in [-0.2, -0.15) is 13.2 Å². The number of aromatic nitrogens is 3. The number of halogens is 4. The number of rotatable bonds is 8. The molecule has 0 saturated carbocycles. The Bertz CT molecular complexity index is 1590. The minimum Gasteiger partial charge on any atom is -0.481 e. The van der Waals surface area contributed by atoms with E-state index in [1.807, 2.05) is 0 Å². The molecule has 0 radical (unpaired) electrons. The fraction of sp³-hybridized carbons (Fsp3) is 0.192. The number of anilines is 1. The van der Waals surface area contributed by atoms with Gasteiger partial charge in [0.1, 0.15) is 11.3 Å². The molecular weight excluding hydrogens is 524 g/mol. The molecule has 0 aliphatic rings. The summed E-state index contributed by atoms with van der Waals surface area (Å²) >= 11 is 0. The van der Waals surface area contributed by atoms with Crippen LogP contribution in [0.5, 0.6) is 0 Å². The molecule has 3 N–H and O–H groups in total. The van der Waals surface area contributed by atoms with Gasteiger partial charge in [0.05, 0.1) is 28.5 Å². The molecule has 13 heteroatoms. The zero-order valence-corrected chi connectivity index (χ0v) is 19.9. The number of amides is 1. The Balaban J connectivity index is 1.44. The molecule has 2 atom stereocenters. The monoisotopic (exact) mass is 544 g/mol. The van der Waals surface area contributed by atoms with Gasteiger partial charge in [0.25, 0.3) is 11.5 Å². The van der Waals surface area contributed by atoms with Gasteiger partial charge in [-0.15, -0.1) is 5.10 Å². The van der Waals surface area contributed by atoms with Crippen LogP contribution in [-0.4, -0.2) is 37.1 Å². The van der Waals surface area contributed by atoms with Crippen LogP contribution in [0.3, 0.4) is 0 Å². The van der Waals surface area contributed by atoms with Gasteiger partial charge in [-0.25, -0.2) is 9.07 Å². The molecule has 0 saturated heterocycles. The molecule has 9 nitrogen and oxygen atoms in total. The standard InChI is InChI=1S/C26H20F4N4O5/c27-20-13-15(26(28,29)30)7-10-17(20)23(36)31-16-8-5-14(6-9-16)22(35)19(25(38)39)11-12-34-24(37)18-3-1-2-4-21(18)32-33-34/h1-10,13,19,22,35H,11-12H2,(H,31,36)(H,38,39)/t19-,22?/m0/s1. The lowest BCUT2D eigenvalue weighted by Crippen LogP contribution is -2.29. The van der Waals surface area contributed by atoms with Gasteiger partial charge in [0.2, 0.25) is 0 Å². The lowest BCUT2D eigenvalue weighted by Gasteiger charge is -2.20. The summed E-state index contributed by atoms with van der Waals surface area (Å²) in [7, 11) is 0. The Morgan fingerprint density at radius 1 is 1.03 bits per heavy atom. The smallest absolute Gasteiger partial charge is 0.416 e. The van der Waals surface area contributed by atoms with E-state index in [-0.39, 0.29) is 30.3 Å². The number of fused-ring (bicyclic) bond motifs is 1. The van der Waals surface area contributed by atoms with Crippen molar-refractivity contribution in [2.75, 3.05) is 5.32 Å². The predicted molar refractivity (Wildman–Crippen MR) is 130 cm³/mol. The lowest BCUT2D eigenvalue weighted by molar-refractivity contribution is -0.146. The molecule has 1 heterocycles. The van der Waals surface area contributed by atoms with E-state index in [4.69, 9.17) is 0 Å². The molecule has 1 aromatic heterocycles. The summed E-state index contributed by atoms with van der Waals surface area (Å²) in [5.41, 5.74) is -1.60. The normalized spacial score (nSPS) is 13.2. The van der Waals surface area contributed by atoms with Gasteiger partial charge in [-0.1, -0.05) is 29.5 Å². The van der Waals surface area contributed by atoms with E-state index in [1.165, 1.54) is 24.3 Å². The fourth-order valence-electron chi connectivity index (χ4n) is 3.92. The zero-order chi connectivity index (χ0) is 28.3. The van der Waals surface area contributed by atoms with Gasteiger partial charge in [0.15, 0.2) is 0 Å². The molecule has 1 unspecified atom stereocenters. The first kappa shape index (κ1) is 27.4. The Kier molecular flexibility index (Phi) is 7.72. The maximum absolute atomic E-state index is 14.1. The predicted octanol–water partition coefficient (Wildman–Crippen LogP) is 4.03. The first-order valence-electron chi connectivity index (χ1n) is 11.5. The molecule has 0 aliphatic heterocycles. The first-order chi connectivity index (χ1) is 18.5. The maximum Gasteiger partial charge on any atom is 0.416 e. The Morgan fingerprint density at radius 2 is 1.72 bits per heavy atom. The number of nitrogens with one attached hydrogen (secondary N) is 1. The molecule has 39 heavy (non-hydrogen) atoms. The summed E-state index contributed by atoms with van der Waals surface area (Å²) in [6.07, 6.45) is -6.42. The van der Waals surface area contributed by atoms with E-state index in [0.29, 0.717) is 23.0 Å². The minimum atomic E-state index is -4.76. The second-order valence-corrected chi connectivity index (χ2v) is 8.58. The van der Waals surface area contributed by atoms with Gasteiger partial charge in [0, 0.05) is 12.2 Å². The van der Waals surface area contributed by atoms with Crippen molar-refractivity contribution in [2.24, 2.45) is 5.92 Å². The van der Waals surface area contributed by atoms with Crippen LogP contribution in [0.2, 0.25) is 0 Å². The maximum atomic E-state index is 14.1. The number of aliphatic hydroxyl groups is 1. The number of carbonyl (C=O) groups is 2. The summed E-state index contributed by atoms with van der Waals surface area (Å²) < 4.78 is 53.3. The molecule has 3 aromatic carbocycles. The van der Waals surface area contributed by atoms with E-state index in [2.05, 4.69) is 15.6 Å². The number of carboxylic acid groups (broad SMARTS) is 1. The summed E-state index contributed by atoms with van der Waals surface area (Å²) in [5.74, 6) is -5.00. The van der Waals surface area contributed by atoms with Crippen LogP contribution in [0.4, 0.5) is 23.2 Å². The van der Waals surface area contributed by atoms with Crippen LogP contribution in [0.25, 0.3) is 10.9 Å².